The number of halogens is 2. The number of phenols is 1. The van der Waals surface area contributed by atoms with Crippen LogP contribution < -0.4 is 5.32 Å². The molecular weight excluding hydrogens is 325 g/mol. The summed E-state index contributed by atoms with van der Waals surface area (Å²) in [6, 6.07) is 9.83. The normalized spacial score (nSPS) is 10.2. The maximum Gasteiger partial charge on any atom is 0.310 e. The Hall–Kier alpha value is -2.60. The van der Waals surface area contributed by atoms with Gasteiger partial charge in [0.15, 0.2) is 6.61 Å². The molecule has 0 heterocycles. The summed E-state index contributed by atoms with van der Waals surface area (Å²) in [7, 11) is 0. The first-order valence-corrected chi connectivity index (χ1v) is 7.00. The van der Waals surface area contributed by atoms with E-state index >= 15 is 0 Å². The zero-order valence-corrected chi connectivity index (χ0v) is 12.6. The Morgan fingerprint density at radius 2 is 1.87 bits per heavy atom. The monoisotopic (exact) mass is 337 g/mol. The Labute approximate surface area is 136 Å². The minimum absolute atomic E-state index is 0.0388. The Kier molecular flexibility index (Phi) is 5.54. The summed E-state index contributed by atoms with van der Waals surface area (Å²) in [5, 5.41) is 11.6. The van der Waals surface area contributed by atoms with Gasteiger partial charge in [0, 0.05) is 5.02 Å². The van der Waals surface area contributed by atoms with Crippen molar-refractivity contribution in [2.24, 2.45) is 0 Å². The van der Waals surface area contributed by atoms with E-state index < -0.39 is 24.3 Å². The van der Waals surface area contributed by atoms with Crippen LogP contribution in [0.1, 0.15) is 5.56 Å². The molecule has 2 N–H and O–H groups in total. The molecule has 120 valence electrons. The number of aromatic hydroxyl groups is 1. The number of ether oxygens (including phenoxy) is 1. The number of carbonyl (C=O) groups excluding carboxylic acids is 2. The van der Waals surface area contributed by atoms with E-state index in [1.54, 1.807) is 12.1 Å². The molecule has 0 aliphatic carbocycles. The van der Waals surface area contributed by atoms with Crippen LogP contribution in [0.2, 0.25) is 5.02 Å². The van der Waals surface area contributed by atoms with Crippen molar-refractivity contribution < 1.29 is 23.8 Å². The number of esters is 1. The van der Waals surface area contributed by atoms with Crippen LogP contribution in [0.15, 0.2) is 42.5 Å². The van der Waals surface area contributed by atoms with Gasteiger partial charge in [-0.3, -0.25) is 9.59 Å². The van der Waals surface area contributed by atoms with Gasteiger partial charge >= 0.3 is 5.97 Å². The minimum Gasteiger partial charge on any atom is -0.508 e. The molecule has 2 aromatic carbocycles. The fourth-order valence-corrected chi connectivity index (χ4v) is 1.91. The first-order valence-electron chi connectivity index (χ1n) is 6.62. The molecule has 5 nitrogen and oxygen atoms in total. The quantitative estimate of drug-likeness (QED) is 0.823. The third-order valence-electron chi connectivity index (χ3n) is 2.85. The topological polar surface area (TPSA) is 75.6 Å². The van der Waals surface area contributed by atoms with Gasteiger partial charge in [0.1, 0.15) is 11.6 Å². The van der Waals surface area contributed by atoms with Crippen molar-refractivity contribution in [2.75, 3.05) is 11.9 Å². The molecule has 23 heavy (non-hydrogen) atoms. The highest BCUT2D eigenvalue weighted by Gasteiger charge is 2.11. The lowest BCUT2D eigenvalue weighted by molar-refractivity contribution is -0.146. The maximum atomic E-state index is 13.5. The summed E-state index contributed by atoms with van der Waals surface area (Å²) >= 11 is 5.61. The van der Waals surface area contributed by atoms with E-state index in [1.165, 1.54) is 24.3 Å². The van der Waals surface area contributed by atoms with E-state index in [0.717, 1.165) is 6.07 Å². The van der Waals surface area contributed by atoms with Crippen molar-refractivity contribution in [3.8, 4) is 5.75 Å². The van der Waals surface area contributed by atoms with Gasteiger partial charge in [-0.25, -0.2) is 4.39 Å². The average molecular weight is 338 g/mol. The molecule has 0 aromatic heterocycles. The molecule has 0 radical (unpaired) electrons. The molecule has 0 spiro atoms. The largest absolute Gasteiger partial charge is 0.508 e. The summed E-state index contributed by atoms with van der Waals surface area (Å²) in [4.78, 5) is 23.2. The highest BCUT2D eigenvalue weighted by atomic mass is 35.5. The standard InChI is InChI=1S/C16H13ClFNO4/c17-11-3-6-14(13(18)8-11)19-15(21)9-23-16(22)7-10-1-4-12(20)5-2-10/h1-6,8,20H,7,9H2,(H,19,21). The lowest BCUT2D eigenvalue weighted by Crippen LogP contribution is -2.22. The molecule has 0 aliphatic heterocycles. The lowest BCUT2D eigenvalue weighted by Gasteiger charge is -2.08. The molecule has 0 saturated heterocycles. The van der Waals surface area contributed by atoms with E-state index in [2.05, 4.69) is 5.32 Å². The SMILES string of the molecule is O=C(COC(=O)Cc1ccc(O)cc1)Nc1ccc(Cl)cc1F. The van der Waals surface area contributed by atoms with Gasteiger partial charge in [-0.2, -0.15) is 0 Å². The minimum atomic E-state index is -0.679. The molecule has 0 aliphatic rings. The van der Waals surface area contributed by atoms with Crippen LogP contribution in [0.5, 0.6) is 5.75 Å². The fourth-order valence-electron chi connectivity index (χ4n) is 1.75. The van der Waals surface area contributed by atoms with Crippen molar-refractivity contribution in [3.63, 3.8) is 0 Å². The zero-order chi connectivity index (χ0) is 16.8. The summed E-state index contributed by atoms with van der Waals surface area (Å²) in [5.74, 6) is -1.86. The van der Waals surface area contributed by atoms with Crippen molar-refractivity contribution in [1.29, 1.82) is 0 Å². The summed E-state index contributed by atoms with van der Waals surface area (Å²) in [5.41, 5.74) is 0.589. The third-order valence-corrected chi connectivity index (χ3v) is 3.09. The van der Waals surface area contributed by atoms with Crippen LogP contribution in [-0.4, -0.2) is 23.6 Å². The van der Waals surface area contributed by atoms with Gasteiger partial charge in [-0.15, -0.1) is 0 Å². The molecular formula is C16H13ClFNO4. The molecule has 2 aromatic rings. The first-order chi connectivity index (χ1) is 10.9. The smallest absolute Gasteiger partial charge is 0.310 e. The Morgan fingerprint density at radius 3 is 2.52 bits per heavy atom. The molecule has 0 fully saturated rings. The van der Waals surface area contributed by atoms with E-state index in [4.69, 9.17) is 21.4 Å². The first kappa shape index (κ1) is 16.8. The number of nitrogens with one attached hydrogen (secondary N) is 1. The summed E-state index contributed by atoms with van der Waals surface area (Å²) < 4.78 is 18.3. The Bertz CT molecular complexity index is 719. The molecule has 0 unspecified atom stereocenters. The fraction of sp³-hybridized carbons (Fsp3) is 0.125. The second kappa shape index (κ2) is 7.60. The number of phenolic OH excluding ortho intramolecular Hbond substituents is 1. The molecule has 0 bridgehead atoms. The average Bonchev–Trinajstić information content (AvgIpc) is 2.50. The molecule has 2 rings (SSSR count). The van der Waals surface area contributed by atoms with Crippen LogP contribution in [0.4, 0.5) is 10.1 Å². The highest BCUT2D eigenvalue weighted by molar-refractivity contribution is 6.30. The van der Waals surface area contributed by atoms with Crippen LogP contribution >= 0.6 is 11.6 Å². The van der Waals surface area contributed by atoms with Crippen LogP contribution in [0, 0.1) is 5.82 Å². The Balaban J connectivity index is 1.81. The van der Waals surface area contributed by atoms with Gasteiger partial charge < -0.3 is 15.2 Å². The second-order valence-electron chi connectivity index (χ2n) is 4.68. The van der Waals surface area contributed by atoms with E-state index in [-0.39, 0.29) is 22.9 Å². The van der Waals surface area contributed by atoms with Crippen molar-refractivity contribution in [1.82, 2.24) is 0 Å². The Morgan fingerprint density at radius 1 is 1.17 bits per heavy atom. The van der Waals surface area contributed by atoms with E-state index in [9.17, 15) is 14.0 Å². The number of hydrogen-bond acceptors (Lipinski definition) is 4. The van der Waals surface area contributed by atoms with Gasteiger partial charge in [-0.1, -0.05) is 23.7 Å². The van der Waals surface area contributed by atoms with Crippen LogP contribution in [0.25, 0.3) is 0 Å². The third kappa shape index (κ3) is 5.27. The van der Waals surface area contributed by atoms with Crippen molar-refractivity contribution in [2.45, 2.75) is 6.42 Å². The van der Waals surface area contributed by atoms with Crippen molar-refractivity contribution >= 4 is 29.2 Å². The highest BCUT2D eigenvalue weighted by Crippen LogP contribution is 2.18. The van der Waals surface area contributed by atoms with Crippen LogP contribution in [-0.2, 0) is 20.7 Å². The van der Waals surface area contributed by atoms with Gasteiger partial charge in [-0.05, 0) is 35.9 Å². The maximum absolute atomic E-state index is 13.5. The van der Waals surface area contributed by atoms with Gasteiger partial charge in [0.05, 0.1) is 12.1 Å². The number of rotatable bonds is 5. The second-order valence-corrected chi connectivity index (χ2v) is 5.11. The lowest BCUT2D eigenvalue weighted by atomic mass is 10.1. The number of carbonyl (C=O) groups is 2. The van der Waals surface area contributed by atoms with E-state index in [0.29, 0.717) is 5.56 Å². The molecule has 0 saturated carbocycles. The zero-order valence-electron chi connectivity index (χ0n) is 11.9. The number of benzene rings is 2. The van der Waals surface area contributed by atoms with Crippen LogP contribution in [0.3, 0.4) is 0 Å². The number of amides is 1. The molecule has 0 atom stereocenters. The summed E-state index contributed by atoms with van der Waals surface area (Å²) in [6.07, 6.45) is -0.0388. The predicted molar refractivity (Wildman–Crippen MR) is 82.8 cm³/mol. The van der Waals surface area contributed by atoms with Crippen molar-refractivity contribution in [3.05, 3.63) is 58.9 Å². The van der Waals surface area contributed by atoms with Gasteiger partial charge in [0.2, 0.25) is 0 Å². The molecule has 1 amide bonds. The predicted octanol–water partition coefficient (Wildman–Crippen LogP) is 2.91. The summed E-state index contributed by atoms with van der Waals surface area (Å²) in [6.45, 7) is -0.529. The van der Waals surface area contributed by atoms with E-state index in [1.807, 2.05) is 0 Å². The molecule has 7 heteroatoms. The number of hydrogen-bond donors (Lipinski definition) is 2. The number of anilines is 1. The van der Waals surface area contributed by atoms with Gasteiger partial charge in [0.25, 0.3) is 5.91 Å².